The van der Waals surface area contributed by atoms with E-state index in [9.17, 15) is 0 Å². The zero-order valence-corrected chi connectivity index (χ0v) is 8.95. The number of nitrogens with two attached hydrogens (primary N) is 1. The van der Waals surface area contributed by atoms with Crippen molar-refractivity contribution in [2.24, 2.45) is 5.73 Å². The van der Waals surface area contributed by atoms with Crippen molar-refractivity contribution in [3.05, 3.63) is 41.3 Å². The molecular formula is C12H14N2O. The molecule has 0 spiro atoms. The molecule has 0 atom stereocenters. The van der Waals surface area contributed by atoms with E-state index in [1.165, 1.54) is 0 Å². The van der Waals surface area contributed by atoms with E-state index < -0.39 is 0 Å². The summed E-state index contributed by atoms with van der Waals surface area (Å²) < 4.78 is 5.59. The summed E-state index contributed by atoms with van der Waals surface area (Å²) in [4.78, 5) is 4.37. The van der Waals surface area contributed by atoms with Crippen molar-refractivity contribution >= 4 is 0 Å². The lowest BCUT2D eigenvalue weighted by Gasteiger charge is -1.99. The summed E-state index contributed by atoms with van der Waals surface area (Å²) in [6.45, 7) is 4.34. The van der Waals surface area contributed by atoms with Crippen molar-refractivity contribution in [2.75, 3.05) is 0 Å². The second-order valence-corrected chi connectivity index (χ2v) is 3.55. The van der Waals surface area contributed by atoms with E-state index in [1.807, 2.05) is 38.1 Å². The number of aryl methyl sites for hydroxylation is 2. The Morgan fingerprint density at radius 3 is 2.60 bits per heavy atom. The average Bonchev–Trinajstić information content (AvgIpc) is 2.60. The van der Waals surface area contributed by atoms with Crippen LogP contribution in [0, 0.1) is 13.8 Å². The summed E-state index contributed by atoms with van der Waals surface area (Å²) in [7, 11) is 0. The monoisotopic (exact) mass is 202 g/mol. The molecule has 1 heterocycles. The van der Waals surface area contributed by atoms with Gasteiger partial charge < -0.3 is 10.2 Å². The van der Waals surface area contributed by atoms with Gasteiger partial charge in [0, 0.05) is 5.56 Å². The minimum absolute atomic E-state index is 0.394. The Morgan fingerprint density at radius 1 is 1.27 bits per heavy atom. The van der Waals surface area contributed by atoms with Gasteiger partial charge in [0.25, 0.3) is 0 Å². The summed E-state index contributed by atoms with van der Waals surface area (Å²) in [6.07, 6.45) is 0. The van der Waals surface area contributed by atoms with Gasteiger partial charge >= 0.3 is 0 Å². The van der Waals surface area contributed by atoms with Crippen LogP contribution in [0.2, 0.25) is 0 Å². The Morgan fingerprint density at radius 2 is 2.00 bits per heavy atom. The molecule has 2 N–H and O–H groups in total. The lowest BCUT2D eigenvalue weighted by atomic mass is 10.1. The molecule has 2 aromatic rings. The highest BCUT2D eigenvalue weighted by molar-refractivity contribution is 5.58. The lowest BCUT2D eigenvalue weighted by molar-refractivity contribution is 0.518. The fraction of sp³-hybridized carbons (Fsp3) is 0.250. The van der Waals surface area contributed by atoms with Crippen molar-refractivity contribution < 1.29 is 4.42 Å². The quantitative estimate of drug-likeness (QED) is 0.813. The topological polar surface area (TPSA) is 52.0 Å². The van der Waals surface area contributed by atoms with Gasteiger partial charge in [-0.2, -0.15) is 0 Å². The molecule has 0 fully saturated rings. The highest BCUT2D eigenvalue weighted by atomic mass is 16.4. The minimum atomic E-state index is 0.394. The molecule has 0 radical (unpaired) electrons. The number of aromatic nitrogens is 1. The maximum absolute atomic E-state index is 5.59. The molecule has 3 nitrogen and oxygen atoms in total. The van der Waals surface area contributed by atoms with E-state index in [0.29, 0.717) is 12.4 Å². The van der Waals surface area contributed by atoms with Gasteiger partial charge in [-0.05, 0) is 25.5 Å². The molecular weight excluding hydrogens is 188 g/mol. The number of nitrogens with zero attached hydrogens (tertiary/aromatic N) is 1. The predicted octanol–water partition coefficient (Wildman–Crippen LogP) is 2.42. The molecule has 78 valence electrons. The van der Waals surface area contributed by atoms with Crippen molar-refractivity contribution in [1.29, 1.82) is 0 Å². The van der Waals surface area contributed by atoms with Crippen LogP contribution in [-0.2, 0) is 6.54 Å². The van der Waals surface area contributed by atoms with Crippen LogP contribution in [0.5, 0.6) is 0 Å². The first-order chi connectivity index (χ1) is 7.22. The molecule has 3 heteroatoms. The minimum Gasteiger partial charge on any atom is -0.440 e. The first-order valence-electron chi connectivity index (χ1n) is 4.94. The van der Waals surface area contributed by atoms with Crippen LogP contribution in [0.1, 0.15) is 17.0 Å². The number of hydrogen-bond donors (Lipinski definition) is 1. The van der Waals surface area contributed by atoms with E-state index in [4.69, 9.17) is 10.2 Å². The standard InChI is InChI=1S/C12H14N2O/c1-8-5-3-4-6-10(8)12-14-9(2)11(7-13)15-12/h3-6H,7,13H2,1-2H3. The molecule has 0 aliphatic rings. The molecule has 0 bridgehead atoms. The van der Waals surface area contributed by atoms with Gasteiger partial charge in [-0.1, -0.05) is 18.2 Å². The fourth-order valence-corrected chi connectivity index (χ4v) is 1.55. The van der Waals surface area contributed by atoms with E-state index >= 15 is 0 Å². The predicted molar refractivity (Wildman–Crippen MR) is 59.3 cm³/mol. The van der Waals surface area contributed by atoms with Crippen LogP contribution in [-0.4, -0.2) is 4.98 Å². The summed E-state index contributed by atoms with van der Waals surface area (Å²) in [5.41, 5.74) is 8.60. The fourth-order valence-electron chi connectivity index (χ4n) is 1.55. The molecule has 0 amide bonds. The Bertz CT molecular complexity index is 474. The second-order valence-electron chi connectivity index (χ2n) is 3.55. The normalized spacial score (nSPS) is 10.6. The van der Waals surface area contributed by atoms with Crippen molar-refractivity contribution in [3.63, 3.8) is 0 Å². The highest BCUT2D eigenvalue weighted by Gasteiger charge is 2.11. The lowest BCUT2D eigenvalue weighted by Crippen LogP contribution is -1.95. The summed E-state index contributed by atoms with van der Waals surface area (Å²) >= 11 is 0. The number of hydrogen-bond acceptors (Lipinski definition) is 3. The number of benzene rings is 1. The Labute approximate surface area is 88.9 Å². The van der Waals surface area contributed by atoms with Crippen LogP contribution in [0.4, 0.5) is 0 Å². The third kappa shape index (κ3) is 1.78. The third-order valence-electron chi connectivity index (χ3n) is 2.45. The highest BCUT2D eigenvalue weighted by Crippen LogP contribution is 2.24. The maximum atomic E-state index is 5.59. The van der Waals surface area contributed by atoms with Crippen LogP contribution in [0.3, 0.4) is 0 Å². The molecule has 2 rings (SSSR count). The van der Waals surface area contributed by atoms with Crippen LogP contribution in [0.25, 0.3) is 11.5 Å². The second kappa shape index (κ2) is 3.87. The van der Waals surface area contributed by atoms with E-state index in [0.717, 1.165) is 22.6 Å². The molecule has 1 aromatic heterocycles. The van der Waals surface area contributed by atoms with Crippen LogP contribution >= 0.6 is 0 Å². The van der Waals surface area contributed by atoms with E-state index in [-0.39, 0.29) is 0 Å². The average molecular weight is 202 g/mol. The molecule has 15 heavy (non-hydrogen) atoms. The molecule has 0 unspecified atom stereocenters. The van der Waals surface area contributed by atoms with E-state index in [1.54, 1.807) is 0 Å². The summed E-state index contributed by atoms with van der Waals surface area (Å²) in [6, 6.07) is 8.01. The first kappa shape index (κ1) is 9.93. The largest absolute Gasteiger partial charge is 0.440 e. The zero-order valence-electron chi connectivity index (χ0n) is 8.95. The molecule has 0 saturated heterocycles. The first-order valence-corrected chi connectivity index (χ1v) is 4.94. The molecule has 0 aliphatic heterocycles. The van der Waals surface area contributed by atoms with Gasteiger partial charge in [0.05, 0.1) is 12.2 Å². The Kier molecular flexibility index (Phi) is 2.56. The van der Waals surface area contributed by atoms with Crippen molar-refractivity contribution in [2.45, 2.75) is 20.4 Å². The molecule has 1 aromatic carbocycles. The summed E-state index contributed by atoms with van der Waals surface area (Å²) in [5.74, 6) is 1.42. The van der Waals surface area contributed by atoms with Crippen LogP contribution < -0.4 is 5.73 Å². The van der Waals surface area contributed by atoms with Gasteiger partial charge in [0.15, 0.2) is 0 Å². The summed E-state index contributed by atoms with van der Waals surface area (Å²) in [5, 5.41) is 0. The maximum Gasteiger partial charge on any atom is 0.226 e. The SMILES string of the molecule is Cc1ccccc1-c1nc(C)c(CN)o1. The molecule has 0 saturated carbocycles. The van der Waals surface area contributed by atoms with Gasteiger partial charge in [-0.3, -0.25) is 0 Å². The molecule has 0 aliphatic carbocycles. The zero-order chi connectivity index (χ0) is 10.8. The van der Waals surface area contributed by atoms with Gasteiger partial charge in [-0.25, -0.2) is 4.98 Å². The smallest absolute Gasteiger partial charge is 0.226 e. The van der Waals surface area contributed by atoms with E-state index in [2.05, 4.69) is 4.98 Å². The third-order valence-corrected chi connectivity index (χ3v) is 2.45. The van der Waals surface area contributed by atoms with Gasteiger partial charge in [-0.15, -0.1) is 0 Å². The van der Waals surface area contributed by atoms with Gasteiger partial charge in [0.2, 0.25) is 5.89 Å². The Balaban J connectivity index is 2.50. The van der Waals surface area contributed by atoms with Crippen molar-refractivity contribution in [1.82, 2.24) is 4.98 Å². The number of rotatable bonds is 2. The number of oxazole rings is 1. The Hall–Kier alpha value is -1.61. The van der Waals surface area contributed by atoms with Crippen molar-refractivity contribution in [3.8, 4) is 11.5 Å². The van der Waals surface area contributed by atoms with Crippen LogP contribution in [0.15, 0.2) is 28.7 Å². The van der Waals surface area contributed by atoms with Gasteiger partial charge in [0.1, 0.15) is 5.76 Å².